The third-order valence-electron chi connectivity index (χ3n) is 2.05. The second kappa shape index (κ2) is 8.02. The third kappa shape index (κ3) is 3.66. The van der Waals surface area contributed by atoms with Crippen molar-refractivity contribution in [1.29, 1.82) is 0 Å². The summed E-state index contributed by atoms with van der Waals surface area (Å²) in [4.78, 5) is 23.4. The Labute approximate surface area is 106 Å². The fraction of sp³-hybridized carbons (Fsp3) is 0.818. The van der Waals surface area contributed by atoms with Crippen molar-refractivity contribution in [3.05, 3.63) is 0 Å². The maximum Gasteiger partial charge on any atom is 0.355 e. The van der Waals surface area contributed by atoms with Gasteiger partial charge in [0.1, 0.15) is 0 Å². The molecule has 0 aromatic rings. The molecule has 0 saturated carbocycles. The Morgan fingerprint density at radius 1 is 1.06 bits per heavy atom. The lowest BCUT2D eigenvalue weighted by Crippen LogP contribution is -2.59. The van der Waals surface area contributed by atoms with E-state index in [1.54, 1.807) is 20.8 Å². The summed E-state index contributed by atoms with van der Waals surface area (Å²) in [6, 6.07) is 0. The van der Waals surface area contributed by atoms with Gasteiger partial charge in [0.2, 0.25) is 6.29 Å². The number of rotatable bonds is 8. The van der Waals surface area contributed by atoms with E-state index in [-0.39, 0.29) is 19.8 Å². The van der Waals surface area contributed by atoms with Gasteiger partial charge in [-0.2, -0.15) is 0 Å². The fourth-order valence-corrected chi connectivity index (χ4v) is 1.27. The molecule has 106 valence electrons. The van der Waals surface area contributed by atoms with Gasteiger partial charge in [-0.05, 0) is 20.8 Å². The van der Waals surface area contributed by atoms with Crippen molar-refractivity contribution in [3.8, 4) is 0 Å². The third-order valence-corrected chi connectivity index (χ3v) is 2.05. The lowest BCUT2D eigenvalue weighted by molar-refractivity contribution is -0.241. The van der Waals surface area contributed by atoms with E-state index in [2.05, 4.69) is 9.47 Å². The maximum absolute atomic E-state index is 11.7. The number of esters is 2. The lowest BCUT2D eigenvalue weighted by atomic mass is 10.0. The van der Waals surface area contributed by atoms with E-state index in [1.807, 2.05) is 0 Å². The first-order chi connectivity index (χ1) is 8.48. The number of carbonyl (C=O) groups excluding carboxylic acids is 2. The molecule has 0 aliphatic carbocycles. The summed E-state index contributed by atoms with van der Waals surface area (Å²) in [7, 11) is 1.20. The standard InChI is InChI=1S/C11H20O7/c1-5-16-8(12)11(14,9(13)17-6-2)10(15-4)18-7-3/h10,14H,5-7H2,1-4H3/t10-/m1/s1. The zero-order chi connectivity index (χ0) is 14.2. The van der Waals surface area contributed by atoms with Gasteiger partial charge in [-0.15, -0.1) is 0 Å². The second-order valence-electron chi connectivity index (χ2n) is 3.23. The van der Waals surface area contributed by atoms with Crippen molar-refractivity contribution < 1.29 is 33.6 Å². The zero-order valence-electron chi connectivity index (χ0n) is 11.1. The molecular weight excluding hydrogens is 244 g/mol. The minimum absolute atomic E-state index is 0.00308. The summed E-state index contributed by atoms with van der Waals surface area (Å²) in [5.41, 5.74) is -2.63. The molecule has 0 amide bonds. The van der Waals surface area contributed by atoms with Crippen LogP contribution >= 0.6 is 0 Å². The maximum atomic E-state index is 11.7. The van der Waals surface area contributed by atoms with E-state index in [0.29, 0.717) is 0 Å². The van der Waals surface area contributed by atoms with E-state index < -0.39 is 23.8 Å². The topological polar surface area (TPSA) is 91.3 Å². The summed E-state index contributed by atoms with van der Waals surface area (Å²) in [5, 5.41) is 10.2. The van der Waals surface area contributed by atoms with E-state index in [1.165, 1.54) is 7.11 Å². The van der Waals surface area contributed by atoms with Crippen LogP contribution in [0.2, 0.25) is 0 Å². The quantitative estimate of drug-likeness (QED) is 0.370. The Balaban J connectivity index is 5.23. The Hall–Kier alpha value is -1.18. The average molecular weight is 264 g/mol. The molecule has 0 fully saturated rings. The molecule has 0 bridgehead atoms. The molecule has 0 aliphatic heterocycles. The number of hydrogen-bond acceptors (Lipinski definition) is 7. The molecule has 0 heterocycles. The van der Waals surface area contributed by atoms with Crippen molar-refractivity contribution in [2.24, 2.45) is 0 Å². The number of hydrogen-bond donors (Lipinski definition) is 1. The van der Waals surface area contributed by atoms with Crippen LogP contribution in [0.4, 0.5) is 0 Å². The number of methoxy groups -OCH3 is 1. The first kappa shape index (κ1) is 16.8. The SMILES string of the molecule is CCOC(=O)C(O)(C(=O)OCC)[C@H](OC)OCC. The molecule has 0 radical (unpaired) electrons. The Bertz CT molecular complexity index is 259. The van der Waals surface area contributed by atoms with Gasteiger partial charge in [-0.3, -0.25) is 0 Å². The molecule has 0 spiro atoms. The van der Waals surface area contributed by atoms with Crippen molar-refractivity contribution in [2.45, 2.75) is 32.7 Å². The van der Waals surface area contributed by atoms with Gasteiger partial charge >= 0.3 is 17.5 Å². The van der Waals surface area contributed by atoms with Crippen LogP contribution in [0, 0.1) is 0 Å². The van der Waals surface area contributed by atoms with Gasteiger partial charge in [-0.25, -0.2) is 9.59 Å². The van der Waals surface area contributed by atoms with Crippen LogP contribution in [0.15, 0.2) is 0 Å². The van der Waals surface area contributed by atoms with Gasteiger partial charge in [0.15, 0.2) is 0 Å². The van der Waals surface area contributed by atoms with Crippen molar-refractivity contribution >= 4 is 11.9 Å². The number of aliphatic hydroxyl groups is 1. The molecule has 0 aromatic heterocycles. The van der Waals surface area contributed by atoms with E-state index in [4.69, 9.17) is 9.47 Å². The largest absolute Gasteiger partial charge is 0.463 e. The zero-order valence-corrected chi connectivity index (χ0v) is 11.1. The Morgan fingerprint density at radius 2 is 1.50 bits per heavy atom. The Kier molecular flexibility index (Phi) is 7.49. The molecule has 0 aliphatic rings. The predicted molar refractivity (Wildman–Crippen MR) is 60.6 cm³/mol. The number of ether oxygens (including phenoxy) is 4. The predicted octanol–water partition coefficient (Wildman–Crippen LogP) is -0.147. The normalized spacial score (nSPS) is 12.9. The van der Waals surface area contributed by atoms with Crippen LogP contribution in [0.25, 0.3) is 0 Å². The highest BCUT2D eigenvalue weighted by Gasteiger charge is 2.55. The van der Waals surface area contributed by atoms with E-state index in [9.17, 15) is 14.7 Å². The highest BCUT2D eigenvalue weighted by molar-refractivity contribution is 6.03. The average Bonchev–Trinajstić information content (AvgIpc) is 2.35. The molecule has 1 atom stereocenters. The molecule has 7 nitrogen and oxygen atoms in total. The van der Waals surface area contributed by atoms with E-state index in [0.717, 1.165) is 0 Å². The fourth-order valence-electron chi connectivity index (χ4n) is 1.27. The molecular formula is C11H20O7. The van der Waals surface area contributed by atoms with Crippen LogP contribution in [0.5, 0.6) is 0 Å². The molecule has 0 rings (SSSR count). The summed E-state index contributed by atoms with van der Waals surface area (Å²) in [5.74, 6) is -2.33. The molecule has 7 heteroatoms. The molecule has 0 saturated heterocycles. The van der Waals surface area contributed by atoms with Crippen molar-refractivity contribution in [3.63, 3.8) is 0 Å². The molecule has 0 unspecified atom stereocenters. The summed E-state index contributed by atoms with van der Waals surface area (Å²) in [6.07, 6.45) is -1.49. The van der Waals surface area contributed by atoms with Gasteiger partial charge in [0, 0.05) is 13.7 Å². The summed E-state index contributed by atoms with van der Waals surface area (Å²) >= 11 is 0. The second-order valence-corrected chi connectivity index (χ2v) is 3.23. The molecule has 0 aromatic carbocycles. The number of carbonyl (C=O) groups is 2. The monoisotopic (exact) mass is 264 g/mol. The minimum Gasteiger partial charge on any atom is -0.463 e. The smallest absolute Gasteiger partial charge is 0.355 e. The highest BCUT2D eigenvalue weighted by atomic mass is 16.7. The van der Waals surface area contributed by atoms with Crippen LogP contribution in [-0.4, -0.2) is 55.9 Å². The highest BCUT2D eigenvalue weighted by Crippen LogP contribution is 2.19. The molecule has 18 heavy (non-hydrogen) atoms. The first-order valence-electron chi connectivity index (χ1n) is 5.70. The molecule has 1 N–H and O–H groups in total. The van der Waals surface area contributed by atoms with Gasteiger partial charge in [-0.1, -0.05) is 0 Å². The van der Waals surface area contributed by atoms with Gasteiger partial charge < -0.3 is 24.1 Å². The van der Waals surface area contributed by atoms with Crippen LogP contribution in [0.1, 0.15) is 20.8 Å². The van der Waals surface area contributed by atoms with Crippen LogP contribution in [0.3, 0.4) is 0 Å². The van der Waals surface area contributed by atoms with Crippen LogP contribution in [-0.2, 0) is 28.5 Å². The minimum atomic E-state index is -2.63. The summed E-state index contributed by atoms with van der Waals surface area (Å²) in [6.45, 7) is 4.87. The van der Waals surface area contributed by atoms with Gasteiger partial charge in [0.25, 0.3) is 0 Å². The summed E-state index contributed by atoms with van der Waals surface area (Å²) < 4.78 is 19.1. The van der Waals surface area contributed by atoms with Crippen LogP contribution < -0.4 is 0 Å². The van der Waals surface area contributed by atoms with Crippen molar-refractivity contribution in [2.75, 3.05) is 26.9 Å². The first-order valence-corrected chi connectivity index (χ1v) is 5.70. The Morgan fingerprint density at radius 3 is 1.78 bits per heavy atom. The van der Waals surface area contributed by atoms with E-state index >= 15 is 0 Å². The lowest BCUT2D eigenvalue weighted by Gasteiger charge is -2.29. The van der Waals surface area contributed by atoms with Gasteiger partial charge in [0.05, 0.1) is 13.2 Å². The van der Waals surface area contributed by atoms with Crippen molar-refractivity contribution in [1.82, 2.24) is 0 Å².